The third-order valence-corrected chi connectivity index (χ3v) is 4.51. The standard InChI is InChI=1S/C16H28N4O/c1-12(2)14-7-5-6-8-15(14)18-16(21)19(3)10-13-9-17-20(4)11-13/h9,11-12,14-15H,5-8,10H2,1-4H3,(H,18,21)/t14-,15+/m0/s1. The number of amides is 2. The van der Waals surface area contributed by atoms with Crippen LogP contribution in [0.3, 0.4) is 0 Å². The molecule has 5 heteroatoms. The van der Waals surface area contributed by atoms with Gasteiger partial charge in [-0.25, -0.2) is 4.79 Å². The Kier molecular flexibility index (Phi) is 5.26. The molecule has 1 fully saturated rings. The van der Waals surface area contributed by atoms with Crippen molar-refractivity contribution >= 4 is 6.03 Å². The number of hydrogen-bond acceptors (Lipinski definition) is 2. The van der Waals surface area contributed by atoms with Crippen LogP contribution in [-0.4, -0.2) is 33.8 Å². The minimum Gasteiger partial charge on any atom is -0.335 e. The van der Waals surface area contributed by atoms with E-state index in [1.807, 2.05) is 20.3 Å². The van der Waals surface area contributed by atoms with Crippen molar-refractivity contribution in [2.75, 3.05) is 7.05 Å². The van der Waals surface area contributed by atoms with Gasteiger partial charge in [0, 0.05) is 31.9 Å². The molecule has 2 amide bonds. The van der Waals surface area contributed by atoms with E-state index in [-0.39, 0.29) is 6.03 Å². The van der Waals surface area contributed by atoms with E-state index in [0.717, 1.165) is 12.0 Å². The van der Waals surface area contributed by atoms with Gasteiger partial charge in [0.05, 0.1) is 12.7 Å². The number of carbonyl (C=O) groups is 1. The largest absolute Gasteiger partial charge is 0.335 e. The summed E-state index contributed by atoms with van der Waals surface area (Å²) in [5, 5.41) is 7.38. The highest BCUT2D eigenvalue weighted by Gasteiger charge is 2.29. The van der Waals surface area contributed by atoms with Crippen LogP contribution in [0.5, 0.6) is 0 Å². The quantitative estimate of drug-likeness (QED) is 0.927. The molecule has 0 bridgehead atoms. The van der Waals surface area contributed by atoms with Crippen molar-refractivity contribution < 1.29 is 4.79 Å². The summed E-state index contributed by atoms with van der Waals surface area (Å²) in [5.41, 5.74) is 1.05. The lowest BCUT2D eigenvalue weighted by atomic mass is 9.78. The molecule has 1 heterocycles. The Morgan fingerprint density at radius 3 is 2.81 bits per heavy atom. The minimum absolute atomic E-state index is 0.0244. The van der Waals surface area contributed by atoms with Gasteiger partial charge in [-0.3, -0.25) is 4.68 Å². The summed E-state index contributed by atoms with van der Waals surface area (Å²) in [6.45, 7) is 5.11. The average Bonchev–Trinajstić information content (AvgIpc) is 2.84. The fourth-order valence-electron chi connectivity index (χ4n) is 3.30. The zero-order chi connectivity index (χ0) is 15.4. The van der Waals surface area contributed by atoms with Crippen molar-refractivity contribution in [2.24, 2.45) is 18.9 Å². The lowest BCUT2D eigenvalue weighted by Crippen LogP contribution is -2.48. The number of carbonyl (C=O) groups excluding carboxylic acids is 1. The topological polar surface area (TPSA) is 50.2 Å². The second-order valence-electron chi connectivity index (χ2n) is 6.63. The molecule has 1 saturated carbocycles. The van der Waals surface area contributed by atoms with Crippen LogP contribution in [0.25, 0.3) is 0 Å². The molecule has 21 heavy (non-hydrogen) atoms. The summed E-state index contributed by atoms with van der Waals surface area (Å²) in [5.74, 6) is 1.23. The van der Waals surface area contributed by atoms with E-state index in [9.17, 15) is 4.79 Å². The van der Waals surface area contributed by atoms with E-state index < -0.39 is 0 Å². The molecule has 0 unspecified atom stereocenters. The monoisotopic (exact) mass is 292 g/mol. The first-order chi connectivity index (χ1) is 9.97. The number of aromatic nitrogens is 2. The molecule has 0 aromatic carbocycles. The Balaban J connectivity index is 1.90. The fourth-order valence-corrected chi connectivity index (χ4v) is 3.30. The van der Waals surface area contributed by atoms with Crippen molar-refractivity contribution in [3.63, 3.8) is 0 Å². The molecule has 1 N–H and O–H groups in total. The maximum atomic E-state index is 12.4. The lowest BCUT2D eigenvalue weighted by molar-refractivity contribution is 0.173. The van der Waals surface area contributed by atoms with E-state index in [2.05, 4.69) is 24.3 Å². The Morgan fingerprint density at radius 1 is 1.48 bits per heavy atom. The minimum atomic E-state index is 0.0244. The molecule has 2 atom stereocenters. The van der Waals surface area contributed by atoms with Crippen LogP contribution in [0.2, 0.25) is 0 Å². The van der Waals surface area contributed by atoms with Gasteiger partial charge >= 0.3 is 6.03 Å². The molecule has 118 valence electrons. The van der Waals surface area contributed by atoms with Crippen LogP contribution in [0.1, 0.15) is 45.1 Å². The Bertz CT molecular complexity index is 469. The SMILES string of the molecule is CC(C)[C@@H]1CCCC[C@H]1NC(=O)N(C)Cc1cnn(C)c1. The number of rotatable bonds is 4. The van der Waals surface area contributed by atoms with Gasteiger partial charge in [-0.05, 0) is 24.7 Å². The van der Waals surface area contributed by atoms with Gasteiger partial charge in [-0.2, -0.15) is 5.10 Å². The first kappa shape index (κ1) is 15.9. The van der Waals surface area contributed by atoms with E-state index in [1.165, 1.54) is 19.3 Å². The van der Waals surface area contributed by atoms with E-state index in [1.54, 1.807) is 15.8 Å². The predicted molar refractivity (Wildman–Crippen MR) is 83.8 cm³/mol. The first-order valence-corrected chi connectivity index (χ1v) is 7.96. The van der Waals surface area contributed by atoms with Crippen LogP contribution in [0.4, 0.5) is 4.79 Å². The Hall–Kier alpha value is -1.52. The Morgan fingerprint density at radius 2 is 2.19 bits per heavy atom. The molecule has 1 aliphatic carbocycles. The van der Waals surface area contributed by atoms with E-state index >= 15 is 0 Å². The molecule has 0 radical (unpaired) electrons. The predicted octanol–water partition coefficient (Wildman–Crippen LogP) is 2.78. The number of nitrogens with one attached hydrogen (secondary N) is 1. The third-order valence-electron chi connectivity index (χ3n) is 4.51. The highest BCUT2D eigenvalue weighted by Crippen LogP contribution is 2.30. The smallest absolute Gasteiger partial charge is 0.317 e. The van der Waals surface area contributed by atoms with Crippen molar-refractivity contribution in [2.45, 2.75) is 52.1 Å². The molecular formula is C16H28N4O. The van der Waals surface area contributed by atoms with E-state index in [4.69, 9.17) is 0 Å². The fraction of sp³-hybridized carbons (Fsp3) is 0.750. The van der Waals surface area contributed by atoms with Crippen LogP contribution >= 0.6 is 0 Å². The zero-order valence-corrected chi connectivity index (χ0v) is 13.7. The van der Waals surface area contributed by atoms with Crippen molar-refractivity contribution in [1.82, 2.24) is 20.0 Å². The van der Waals surface area contributed by atoms with Gasteiger partial charge in [0.15, 0.2) is 0 Å². The Labute approximate surface area is 127 Å². The number of urea groups is 1. The van der Waals surface area contributed by atoms with Gasteiger partial charge in [0.1, 0.15) is 0 Å². The summed E-state index contributed by atoms with van der Waals surface area (Å²) >= 11 is 0. The summed E-state index contributed by atoms with van der Waals surface area (Å²) < 4.78 is 1.76. The van der Waals surface area contributed by atoms with Crippen molar-refractivity contribution in [3.05, 3.63) is 18.0 Å². The van der Waals surface area contributed by atoms with E-state index in [0.29, 0.717) is 24.4 Å². The normalized spacial score (nSPS) is 22.3. The number of hydrogen-bond donors (Lipinski definition) is 1. The van der Waals surface area contributed by atoms with Gasteiger partial charge in [-0.15, -0.1) is 0 Å². The highest BCUT2D eigenvalue weighted by atomic mass is 16.2. The molecule has 1 aliphatic rings. The molecule has 1 aromatic heterocycles. The summed E-state index contributed by atoms with van der Waals surface area (Å²) in [4.78, 5) is 14.1. The maximum Gasteiger partial charge on any atom is 0.317 e. The van der Waals surface area contributed by atoms with Crippen LogP contribution < -0.4 is 5.32 Å². The molecule has 0 spiro atoms. The second kappa shape index (κ2) is 6.96. The van der Waals surface area contributed by atoms with Crippen LogP contribution in [0, 0.1) is 11.8 Å². The molecule has 0 aliphatic heterocycles. The highest BCUT2D eigenvalue weighted by molar-refractivity contribution is 5.74. The second-order valence-corrected chi connectivity index (χ2v) is 6.63. The number of aryl methyl sites for hydroxylation is 1. The van der Waals surface area contributed by atoms with Crippen LogP contribution in [0.15, 0.2) is 12.4 Å². The van der Waals surface area contributed by atoms with Gasteiger partial charge < -0.3 is 10.2 Å². The summed E-state index contributed by atoms with van der Waals surface area (Å²) in [6.07, 6.45) is 8.61. The van der Waals surface area contributed by atoms with Crippen molar-refractivity contribution in [1.29, 1.82) is 0 Å². The molecule has 2 rings (SSSR count). The zero-order valence-electron chi connectivity index (χ0n) is 13.7. The average molecular weight is 292 g/mol. The van der Waals surface area contributed by atoms with Crippen molar-refractivity contribution in [3.8, 4) is 0 Å². The van der Waals surface area contributed by atoms with Crippen LogP contribution in [-0.2, 0) is 13.6 Å². The molecule has 5 nitrogen and oxygen atoms in total. The molecule has 1 aromatic rings. The summed E-state index contributed by atoms with van der Waals surface area (Å²) in [6, 6.07) is 0.346. The first-order valence-electron chi connectivity index (χ1n) is 7.96. The summed E-state index contributed by atoms with van der Waals surface area (Å²) in [7, 11) is 3.73. The van der Waals surface area contributed by atoms with Gasteiger partial charge in [0.2, 0.25) is 0 Å². The van der Waals surface area contributed by atoms with Gasteiger partial charge in [-0.1, -0.05) is 26.7 Å². The number of nitrogens with zero attached hydrogens (tertiary/aromatic N) is 3. The van der Waals surface area contributed by atoms with Gasteiger partial charge in [0.25, 0.3) is 0 Å². The molecular weight excluding hydrogens is 264 g/mol. The maximum absolute atomic E-state index is 12.4. The lowest BCUT2D eigenvalue weighted by Gasteiger charge is -2.35. The molecule has 0 saturated heterocycles. The third kappa shape index (κ3) is 4.22.